The average molecular weight is 351 g/mol. The maximum Gasteiger partial charge on any atom is 0.416 e. The molecule has 1 rings (SSSR count). The number of halogens is 4. The van der Waals surface area contributed by atoms with Crippen LogP contribution in [-0.4, -0.2) is 22.8 Å². The zero-order chi connectivity index (χ0) is 18.7. The van der Waals surface area contributed by atoms with Gasteiger partial charge in [0.25, 0.3) is 0 Å². The summed E-state index contributed by atoms with van der Waals surface area (Å²) >= 11 is 0. The predicted octanol–water partition coefficient (Wildman–Crippen LogP) is 3.89. The van der Waals surface area contributed by atoms with Gasteiger partial charge < -0.3 is 15.2 Å². The van der Waals surface area contributed by atoms with Crippen LogP contribution in [0.3, 0.4) is 0 Å². The lowest BCUT2D eigenvalue weighted by Gasteiger charge is -2.24. The second-order valence-corrected chi connectivity index (χ2v) is 6.03. The molecule has 0 radical (unpaired) electrons. The number of carbonyl (C=O) groups excluding carboxylic acids is 1. The summed E-state index contributed by atoms with van der Waals surface area (Å²) in [4.78, 5) is 22.7. The number of benzene rings is 1. The quantitative estimate of drug-likeness (QED) is 0.807. The summed E-state index contributed by atoms with van der Waals surface area (Å²) in [6.07, 6.45) is -6.61. The van der Waals surface area contributed by atoms with Crippen molar-refractivity contribution in [2.75, 3.05) is 0 Å². The number of carboxylic acids is 1. The van der Waals surface area contributed by atoms with Crippen molar-refractivity contribution < 1.29 is 37.0 Å². The fraction of sp³-hybridized carbons (Fsp3) is 0.467. The van der Waals surface area contributed by atoms with Crippen LogP contribution >= 0.6 is 0 Å². The first-order valence-electron chi connectivity index (χ1n) is 6.87. The van der Waals surface area contributed by atoms with Crippen LogP contribution < -0.4 is 5.32 Å². The van der Waals surface area contributed by atoms with Crippen molar-refractivity contribution >= 4 is 12.1 Å². The Hall–Kier alpha value is -2.32. The van der Waals surface area contributed by atoms with E-state index in [1.165, 1.54) is 0 Å². The SMILES string of the molecule is CC(C)(C)OC(=O)N[C@@H](CC(=O)O)c1cc(C(F)(F)F)ccc1F. The van der Waals surface area contributed by atoms with E-state index < -0.39 is 53.2 Å². The molecule has 134 valence electrons. The van der Waals surface area contributed by atoms with E-state index in [0.717, 1.165) is 0 Å². The van der Waals surface area contributed by atoms with Crippen LogP contribution in [0.15, 0.2) is 18.2 Å². The normalized spacial score (nSPS) is 13.3. The molecule has 9 heteroatoms. The molecule has 0 saturated carbocycles. The van der Waals surface area contributed by atoms with Crippen molar-refractivity contribution in [3.8, 4) is 0 Å². The molecule has 1 aromatic carbocycles. The molecule has 0 heterocycles. The molecule has 0 unspecified atom stereocenters. The second-order valence-electron chi connectivity index (χ2n) is 6.03. The third-order valence-electron chi connectivity index (χ3n) is 2.77. The van der Waals surface area contributed by atoms with Gasteiger partial charge in [-0.15, -0.1) is 0 Å². The summed E-state index contributed by atoms with van der Waals surface area (Å²) in [6.45, 7) is 4.64. The highest BCUT2D eigenvalue weighted by Crippen LogP contribution is 2.32. The third kappa shape index (κ3) is 6.05. The Morgan fingerprint density at radius 3 is 2.29 bits per heavy atom. The molecule has 0 aliphatic carbocycles. The molecule has 0 aromatic heterocycles. The van der Waals surface area contributed by atoms with Crippen molar-refractivity contribution in [3.05, 3.63) is 35.1 Å². The van der Waals surface area contributed by atoms with Crippen LogP contribution in [-0.2, 0) is 15.7 Å². The van der Waals surface area contributed by atoms with Gasteiger partial charge in [-0.25, -0.2) is 9.18 Å². The maximum atomic E-state index is 13.9. The van der Waals surface area contributed by atoms with Crippen molar-refractivity contribution in [2.45, 2.75) is 45.0 Å². The molecule has 0 bridgehead atoms. The number of ether oxygens (including phenoxy) is 1. The number of hydrogen-bond acceptors (Lipinski definition) is 3. The van der Waals surface area contributed by atoms with E-state index in [0.29, 0.717) is 18.2 Å². The number of alkyl carbamates (subject to hydrolysis) is 1. The molecule has 2 N–H and O–H groups in total. The molecular weight excluding hydrogens is 334 g/mol. The fourth-order valence-electron chi connectivity index (χ4n) is 1.85. The van der Waals surface area contributed by atoms with Gasteiger partial charge in [-0.2, -0.15) is 13.2 Å². The van der Waals surface area contributed by atoms with Crippen LogP contribution in [0.5, 0.6) is 0 Å². The summed E-state index contributed by atoms with van der Waals surface area (Å²) in [5.74, 6) is -2.49. The highest BCUT2D eigenvalue weighted by molar-refractivity contribution is 5.72. The zero-order valence-electron chi connectivity index (χ0n) is 13.2. The molecule has 24 heavy (non-hydrogen) atoms. The molecule has 1 aromatic rings. The van der Waals surface area contributed by atoms with Gasteiger partial charge in [-0.3, -0.25) is 4.79 Å². The van der Waals surface area contributed by atoms with Crippen molar-refractivity contribution in [2.24, 2.45) is 0 Å². The minimum Gasteiger partial charge on any atom is -0.481 e. The Morgan fingerprint density at radius 2 is 1.83 bits per heavy atom. The Labute approximate surface area is 135 Å². The topological polar surface area (TPSA) is 75.6 Å². The summed E-state index contributed by atoms with van der Waals surface area (Å²) in [5, 5.41) is 11.0. The Balaban J connectivity index is 3.16. The monoisotopic (exact) mass is 351 g/mol. The predicted molar refractivity (Wildman–Crippen MR) is 75.8 cm³/mol. The number of nitrogens with one attached hydrogen (secondary N) is 1. The largest absolute Gasteiger partial charge is 0.481 e. The standard InChI is InChI=1S/C15H17F4NO4/c1-14(2,3)24-13(23)20-11(7-12(21)22)9-6-8(15(17,18)19)4-5-10(9)16/h4-6,11H,7H2,1-3H3,(H,20,23)(H,21,22)/t11-/m0/s1. The van der Waals surface area contributed by atoms with Gasteiger partial charge in [-0.1, -0.05) is 0 Å². The van der Waals surface area contributed by atoms with Crippen LogP contribution in [0.25, 0.3) is 0 Å². The number of carboxylic acid groups (broad SMARTS) is 1. The van der Waals surface area contributed by atoms with E-state index in [9.17, 15) is 27.2 Å². The summed E-state index contributed by atoms with van der Waals surface area (Å²) in [5.41, 5.74) is -2.65. The number of alkyl halides is 3. The molecule has 0 fully saturated rings. The Morgan fingerprint density at radius 1 is 1.25 bits per heavy atom. The summed E-state index contributed by atoms with van der Waals surface area (Å²) in [7, 11) is 0. The van der Waals surface area contributed by atoms with E-state index in [2.05, 4.69) is 5.32 Å². The molecular formula is C15H17F4NO4. The zero-order valence-corrected chi connectivity index (χ0v) is 13.2. The minimum atomic E-state index is -4.73. The van der Waals surface area contributed by atoms with Crippen molar-refractivity contribution in [3.63, 3.8) is 0 Å². The maximum absolute atomic E-state index is 13.9. The first kappa shape index (κ1) is 19.7. The molecule has 0 saturated heterocycles. The lowest BCUT2D eigenvalue weighted by Crippen LogP contribution is -2.36. The minimum absolute atomic E-state index is 0.473. The molecule has 0 spiro atoms. The second kappa shape index (κ2) is 7.06. The van der Waals surface area contributed by atoms with E-state index in [-0.39, 0.29) is 0 Å². The highest BCUT2D eigenvalue weighted by atomic mass is 19.4. The number of hydrogen-bond donors (Lipinski definition) is 2. The third-order valence-corrected chi connectivity index (χ3v) is 2.77. The van der Waals surface area contributed by atoms with Crippen LogP contribution in [0.4, 0.5) is 22.4 Å². The van der Waals surface area contributed by atoms with Crippen molar-refractivity contribution in [1.29, 1.82) is 0 Å². The first-order valence-corrected chi connectivity index (χ1v) is 6.87. The molecule has 1 atom stereocenters. The lowest BCUT2D eigenvalue weighted by molar-refractivity contribution is -0.138. The van der Waals surface area contributed by atoms with Crippen molar-refractivity contribution in [1.82, 2.24) is 5.32 Å². The van der Waals surface area contributed by atoms with Crippen LogP contribution in [0.1, 0.15) is 44.4 Å². The average Bonchev–Trinajstić information content (AvgIpc) is 2.34. The van der Waals surface area contributed by atoms with Gasteiger partial charge in [0, 0.05) is 5.56 Å². The summed E-state index contributed by atoms with van der Waals surface area (Å²) in [6, 6.07) is 0.0634. The van der Waals surface area contributed by atoms with Gasteiger partial charge in [0.1, 0.15) is 11.4 Å². The number of amides is 1. The van der Waals surface area contributed by atoms with E-state index >= 15 is 0 Å². The molecule has 5 nitrogen and oxygen atoms in total. The Kier molecular flexibility index (Phi) is 5.80. The summed E-state index contributed by atoms with van der Waals surface area (Å²) < 4.78 is 57.1. The van der Waals surface area contributed by atoms with Gasteiger partial charge in [0.2, 0.25) is 0 Å². The van der Waals surface area contributed by atoms with Gasteiger partial charge in [-0.05, 0) is 39.0 Å². The molecule has 0 aliphatic rings. The van der Waals surface area contributed by atoms with Crippen LogP contribution in [0, 0.1) is 5.82 Å². The molecule has 1 amide bonds. The highest BCUT2D eigenvalue weighted by Gasteiger charge is 2.33. The van der Waals surface area contributed by atoms with Gasteiger partial charge in [0.15, 0.2) is 0 Å². The number of aliphatic carboxylic acids is 1. The van der Waals surface area contributed by atoms with E-state index in [4.69, 9.17) is 9.84 Å². The van der Waals surface area contributed by atoms with Gasteiger partial charge >= 0.3 is 18.2 Å². The lowest BCUT2D eigenvalue weighted by atomic mass is 10.0. The van der Waals surface area contributed by atoms with E-state index in [1.54, 1.807) is 20.8 Å². The van der Waals surface area contributed by atoms with E-state index in [1.807, 2.05) is 0 Å². The van der Waals surface area contributed by atoms with Crippen LogP contribution in [0.2, 0.25) is 0 Å². The van der Waals surface area contributed by atoms with Gasteiger partial charge in [0.05, 0.1) is 18.0 Å². The first-order chi connectivity index (χ1) is 10.8. The smallest absolute Gasteiger partial charge is 0.416 e. The molecule has 0 aliphatic heterocycles. The fourth-order valence-corrected chi connectivity index (χ4v) is 1.85. The number of rotatable bonds is 4. The Bertz CT molecular complexity index is 623. The number of carbonyl (C=O) groups is 2.